The van der Waals surface area contributed by atoms with Gasteiger partial charge in [-0.15, -0.1) is 0 Å². The molecule has 0 unspecified atom stereocenters. The molecule has 0 spiro atoms. The number of thioether (sulfide) groups is 1. The molecular weight excluding hydrogens is 377 g/mol. The van der Waals surface area contributed by atoms with E-state index in [4.69, 9.17) is 4.74 Å². The van der Waals surface area contributed by atoms with Gasteiger partial charge in [0.25, 0.3) is 0 Å². The monoisotopic (exact) mass is 401 g/mol. The van der Waals surface area contributed by atoms with Crippen LogP contribution in [0.25, 0.3) is 11.0 Å². The third-order valence-corrected chi connectivity index (χ3v) is 5.05. The first-order chi connectivity index (χ1) is 13.5. The number of fused-ring (bicyclic) bond motifs is 1. The van der Waals surface area contributed by atoms with Gasteiger partial charge in [0, 0.05) is 17.8 Å². The molecule has 0 aliphatic carbocycles. The largest absolute Gasteiger partial charge is 0.494 e. The van der Waals surface area contributed by atoms with E-state index in [1.165, 1.54) is 13.2 Å². The maximum absolute atomic E-state index is 14.2. The second-order valence-electron chi connectivity index (χ2n) is 6.71. The fourth-order valence-corrected chi connectivity index (χ4v) is 3.77. The fourth-order valence-electron chi connectivity index (χ4n) is 3.29. The Kier molecular flexibility index (Phi) is 6.24. The first kappa shape index (κ1) is 20.2. The van der Waals surface area contributed by atoms with Gasteiger partial charge in [-0.05, 0) is 44.4 Å². The zero-order valence-electron chi connectivity index (χ0n) is 16.5. The Morgan fingerprint density at radius 2 is 2.04 bits per heavy atom. The Balaban J connectivity index is 1.97. The number of amides is 1. The van der Waals surface area contributed by atoms with Crippen LogP contribution in [-0.4, -0.2) is 34.9 Å². The number of carbonyl (C=O) groups excluding carboxylic acids is 1. The van der Waals surface area contributed by atoms with Crippen molar-refractivity contribution in [3.8, 4) is 5.75 Å². The highest BCUT2D eigenvalue weighted by atomic mass is 32.2. The molecule has 0 atom stereocenters. The van der Waals surface area contributed by atoms with E-state index >= 15 is 0 Å². The average Bonchev–Trinajstić information content (AvgIpc) is 2.99. The van der Waals surface area contributed by atoms with Gasteiger partial charge < -0.3 is 14.2 Å². The summed E-state index contributed by atoms with van der Waals surface area (Å²) >= 11 is 1.66. The molecule has 0 saturated carbocycles. The standard InChI is InChI=1S/C21H24FN3O2S/c1-14(2)25(15-9-10-19(27-3)16(22)11-15)21(26)12-24-18-8-6-5-7-17(18)23-20(24)13-28-4/h5-11,14H,12-13H2,1-4H3. The number of carbonyl (C=O) groups is 1. The molecule has 3 rings (SSSR count). The summed E-state index contributed by atoms with van der Waals surface area (Å²) in [5, 5.41) is 0. The number of methoxy groups -OCH3 is 1. The molecule has 1 aromatic heterocycles. The molecule has 28 heavy (non-hydrogen) atoms. The molecule has 0 N–H and O–H groups in total. The molecule has 7 heteroatoms. The van der Waals surface area contributed by atoms with Crippen molar-refractivity contribution in [3.05, 3.63) is 54.1 Å². The summed E-state index contributed by atoms with van der Waals surface area (Å²) < 4.78 is 21.1. The van der Waals surface area contributed by atoms with Crippen molar-refractivity contribution in [1.82, 2.24) is 9.55 Å². The predicted octanol–water partition coefficient (Wildman–Crippen LogP) is 4.49. The van der Waals surface area contributed by atoms with Crippen LogP contribution in [0.1, 0.15) is 19.7 Å². The number of rotatable bonds is 7. The van der Waals surface area contributed by atoms with Crippen molar-refractivity contribution < 1.29 is 13.9 Å². The van der Waals surface area contributed by atoms with Crippen LogP contribution in [0.15, 0.2) is 42.5 Å². The van der Waals surface area contributed by atoms with Crippen molar-refractivity contribution in [2.24, 2.45) is 0 Å². The minimum atomic E-state index is -0.491. The number of ether oxygens (including phenoxy) is 1. The van der Waals surface area contributed by atoms with Gasteiger partial charge in [-0.1, -0.05) is 12.1 Å². The van der Waals surface area contributed by atoms with E-state index in [9.17, 15) is 9.18 Å². The Labute approximate surface area is 168 Å². The van der Waals surface area contributed by atoms with E-state index in [2.05, 4.69) is 4.98 Å². The smallest absolute Gasteiger partial charge is 0.247 e. The molecule has 2 aromatic carbocycles. The van der Waals surface area contributed by atoms with Gasteiger partial charge in [0.2, 0.25) is 5.91 Å². The zero-order valence-corrected chi connectivity index (χ0v) is 17.3. The first-order valence-electron chi connectivity index (χ1n) is 9.05. The van der Waals surface area contributed by atoms with Gasteiger partial charge in [0.1, 0.15) is 12.4 Å². The Bertz CT molecular complexity index is 987. The number of anilines is 1. The third kappa shape index (κ3) is 3.99. The van der Waals surface area contributed by atoms with Crippen LogP contribution in [0.3, 0.4) is 0 Å². The molecule has 0 aliphatic rings. The van der Waals surface area contributed by atoms with Crippen molar-refractivity contribution in [2.45, 2.75) is 32.2 Å². The normalized spacial score (nSPS) is 11.2. The third-order valence-electron chi connectivity index (χ3n) is 4.50. The van der Waals surface area contributed by atoms with Crippen LogP contribution in [0.2, 0.25) is 0 Å². The van der Waals surface area contributed by atoms with E-state index in [1.807, 2.05) is 48.9 Å². The molecule has 148 valence electrons. The topological polar surface area (TPSA) is 47.4 Å². The van der Waals surface area contributed by atoms with Gasteiger partial charge in [0.15, 0.2) is 11.6 Å². The summed E-state index contributed by atoms with van der Waals surface area (Å²) in [6.07, 6.45) is 2.01. The van der Waals surface area contributed by atoms with Crippen LogP contribution >= 0.6 is 11.8 Å². The molecule has 1 heterocycles. The lowest BCUT2D eigenvalue weighted by Crippen LogP contribution is -2.39. The molecule has 0 saturated heterocycles. The molecule has 5 nitrogen and oxygen atoms in total. The number of hydrogen-bond donors (Lipinski definition) is 0. The lowest BCUT2D eigenvalue weighted by Gasteiger charge is -2.28. The van der Waals surface area contributed by atoms with E-state index in [1.54, 1.807) is 28.8 Å². The summed E-state index contributed by atoms with van der Waals surface area (Å²) in [4.78, 5) is 19.5. The van der Waals surface area contributed by atoms with E-state index in [0.717, 1.165) is 16.9 Å². The van der Waals surface area contributed by atoms with Crippen LogP contribution in [0, 0.1) is 5.82 Å². The number of nitrogens with zero attached hydrogens (tertiary/aromatic N) is 3. The summed E-state index contributed by atoms with van der Waals surface area (Å²) in [5.41, 5.74) is 2.30. The van der Waals surface area contributed by atoms with Gasteiger partial charge in [-0.3, -0.25) is 4.79 Å². The molecule has 1 amide bonds. The average molecular weight is 402 g/mol. The highest BCUT2D eigenvalue weighted by Gasteiger charge is 2.23. The lowest BCUT2D eigenvalue weighted by atomic mass is 10.2. The summed E-state index contributed by atoms with van der Waals surface area (Å²) in [5.74, 6) is 1.11. The SMILES string of the molecule is COc1ccc(N(C(=O)Cn2c(CSC)nc3ccccc32)C(C)C)cc1F. The van der Waals surface area contributed by atoms with Crippen molar-refractivity contribution in [2.75, 3.05) is 18.3 Å². The number of imidazole rings is 1. The number of halogens is 1. The van der Waals surface area contributed by atoms with Crippen molar-refractivity contribution >= 4 is 34.4 Å². The summed E-state index contributed by atoms with van der Waals surface area (Å²) in [7, 11) is 1.42. The number of para-hydroxylation sites is 2. The second-order valence-corrected chi connectivity index (χ2v) is 7.58. The number of benzene rings is 2. The molecule has 0 fully saturated rings. The maximum atomic E-state index is 14.2. The van der Waals surface area contributed by atoms with Crippen LogP contribution in [0.5, 0.6) is 5.75 Å². The Morgan fingerprint density at radius 3 is 2.68 bits per heavy atom. The highest BCUT2D eigenvalue weighted by Crippen LogP contribution is 2.26. The maximum Gasteiger partial charge on any atom is 0.247 e. The second kappa shape index (κ2) is 8.65. The highest BCUT2D eigenvalue weighted by molar-refractivity contribution is 7.97. The summed E-state index contributed by atoms with van der Waals surface area (Å²) in [6, 6.07) is 12.2. The van der Waals surface area contributed by atoms with Gasteiger partial charge in [0.05, 0.1) is 23.9 Å². The van der Waals surface area contributed by atoms with Gasteiger partial charge in [-0.25, -0.2) is 9.37 Å². The molecule has 0 radical (unpaired) electrons. The van der Waals surface area contributed by atoms with Crippen LogP contribution in [0.4, 0.5) is 10.1 Å². The number of aromatic nitrogens is 2. The van der Waals surface area contributed by atoms with Crippen LogP contribution in [-0.2, 0) is 17.1 Å². The molecule has 3 aromatic rings. The van der Waals surface area contributed by atoms with Gasteiger partial charge >= 0.3 is 0 Å². The quantitative estimate of drug-likeness (QED) is 0.585. The Morgan fingerprint density at radius 1 is 1.29 bits per heavy atom. The van der Waals surface area contributed by atoms with Crippen molar-refractivity contribution in [1.29, 1.82) is 0 Å². The molecular formula is C21H24FN3O2S. The molecule has 0 aliphatic heterocycles. The van der Waals surface area contributed by atoms with Crippen LogP contribution < -0.4 is 9.64 Å². The van der Waals surface area contributed by atoms with Crippen molar-refractivity contribution in [3.63, 3.8) is 0 Å². The predicted molar refractivity (Wildman–Crippen MR) is 113 cm³/mol. The zero-order chi connectivity index (χ0) is 20.3. The van der Waals surface area contributed by atoms with E-state index in [-0.39, 0.29) is 24.2 Å². The Hall–Kier alpha value is -2.54. The van der Waals surface area contributed by atoms with Gasteiger partial charge in [-0.2, -0.15) is 11.8 Å². The first-order valence-corrected chi connectivity index (χ1v) is 10.4. The fraction of sp³-hybridized carbons (Fsp3) is 0.333. The minimum Gasteiger partial charge on any atom is -0.494 e. The summed E-state index contributed by atoms with van der Waals surface area (Å²) in [6.45, 7) is 3.96. The number of hydrogen-bond acceptors (Lipinski definition) is 4. The lowest BCUT2D eigenvalue weighted by molar-refractivity contribution is -0.119. The van der Waals surface area contributed by atoms with E-state index in [0.29, 0.717) is 11.4 Å². The van der Waals surface area contributed by atoms with E-state index < -0.39 is 5.82 Å². The minimum absolute atomic E-state index is 0.120. The molecule has 0 bridgehead atoms.